The van der Waals surface area contributed by atoms with Gasteiger partial charge in [-0.15, -0.1) is 0 Å². The summed E-state index contributed by atoms with van der Waals surface area (Å²) in [6, 6.07) is 10.5. The largest absolute Gasteiger partial charge is 0.346 e. The van der Waals surface area contributed by atoms with E-state index in [0.29, 0.717) is 36.3 Å². The van der Waals surface area contributed by atoms with Crippen molar-refractivity contribution in [2.45, 2.75) is 25.7 Å². The monoisotopic (exact) mass is 437 g/mol. The minimum atomic E-state index is -3.52. The van der Waals surface area contributed by atoms with Gasteiger partial charge < -0.3 is 10.2 Å². The summed E-state index contributed by atoms with van der Waals surface area (Å²) in [5.74, 6) is 0. The van der Waals surface area contributed by atoms with Gasteiger partial charge in [-0.1, -0.05) is 17.7 Å². The van der Waals surface area contributed by atoms with E-state index in [2.05, 4.69) is 31.3 Å². The molecule has 0 aromatic heterocycles. The summed E-state index contributed by atoms with van der Waals surface area (Å²) in [6.45, 7) is 8.07. The van der Waals surface area contributed by atoms with Gasteiger partial charge in [0.2, 0.25) is 10.0 Å². The van der Waals surface area contributed by atoms with Crippen molar-refractivity contribution in [1.29, 1.82) is 0 Å². The van der Waals surface area contributed by atoms with E-state index in [9.17, 15) is 8.42 Å². The summed E-state index contributed by atoms with van der Waals surface area (Å²) >= 11 is 11.4. The molecular formula is C20H24ClN3O2S2. The maximum Gasteiger partial charge on any atom is 0.243 e. The van der Waals surface area contributed by atoms with E-state index in [1.165, 1.54) is 15.4 Å². The number of nitrogens with zero attached hydrogens (tertiary/aromatic N) is 2. The Morgan fingerprint density at radius 2 is 1.54 bits per heavy atom. The van der Waals surface area contributed by atoms with Gasteiger partial charge in [-0.3, -0.25) is 0 Å². The highest BCUT2D eigenvalue weighted by Gasteiger charge is 2.29. The molecule has 1 aliphatic rings. The van der Waals surface area contributed by atoms with Crippen LogP contribution in [0.25, 0.3) is 0 Å². The Labute approximate surface area is 177 Å². The van der Waals surface area contributed by atoms with Crippen LogP contribution in [0.15, 0.2) is 41.3 Å². The lowest BCUT2D eigenvalue weighted by Gasteiger charge is -2.35. The number of aryl methyl sites for hydroxylation is 3. The zero-order valence-electron chi connectivity index (χ0n) is 16.2. The molecule has 150 valence electrons. The van der Waals surface area contributed by atoms with E-state index >= 15 is 0 Å². The quantitative estimate of drug-likeness (QED) is 0.736. The number of sulfonamides is 1. The van der Waals surface area contributed by atoms with Crippen molar-refractivity contribution >= 4 is 44.6 Å². The van der Waals surface area contributed by atoms with Gasteiger partial charge in [0.25, 0.3) is 0 Å². The lowest BCUT2D eigenvalue weighted by atomic mass is 10.1. The molecule has 28 heavy (non-hydrogen) atoms. The number of anilines is 1. The average Bonchev–Trinajstić information content (AvgIpc) is 2.66. The van der Waals surface area contributed by atoms with E-state index in [1.54, 1.807) is 24.3 Å². The highest BCUT2D eigenvalue weighted by atomic mass is 35.5. The predicted molar refractivity (Wildman–Crippen MR) is 119 cm³/mol. The third kappa shape index (κ3) is 4.49. The molecule has 1 aliphatic heterocycles. The molecule has 0 radical (unpaired) electrons. The van der Waals surface area contributed by atoms with Crippen LogP contribution in [-0.2, 0) is 10.0 Å². The Kier molecular flexibility index (Phi) is 6.29. The van der Waals surface area contributed by atoms with Gasteiger partial charge in [-0.05, 0) is 80.0 Å². The first-order valence-electron chi connectivity index (χ1n) is 9.08. The van der Waals surface area contributed by atoms with Gasteiger partial charge in [0.15, 0.2) is 5.11 Å². The first-order valence-corrected chi connectivity index (χ1v) is 11.3. The molecule has 0 amide bonds. The van der Waals surface area contributed by atoms with E-state index in [1.807, 2.05) is 11.8 Å². The van der Waals surface area contributed by atoms with E-state index in [0.717, 1.165) is 11.3 Å². The molecule has 0 atom stereocenters. The topological polar surface area (TPSA) is 52.6 Å². The molecule has 2 aromatic carbocycles. The van der Waals surface area contributed by atoms with Crippen LogP contribution < -0.4 is 5.32 Å². The van der Waals surface area contributed by atoms with Crippen molar-refractivity contribution in [2.24, 2.45) is 0 Å². The smallest absolute Gasteiger partial charge is 0.243 e. The van der Waals surface area contributed by atoms with Crippen molar-refractivity contribution in [2.75, 3.05) is 31.5 Å². The highest BCUT2D eigenvalue weighted by molar-refractivity contribution is 7.89. The molecule has 0 spiro atoms. The molecule has 8 heteroatoms. The van der Waals surface area contributed by atoms with E-state index < -0.39 is 10.0 Å². The van der Waals surface area contributed by atoms with Gasteiger partial charge in [0.05, 0.1) is 4.90 Å². The van der Waals surface area contributed by atoms with Crippen LogP contribution in [0.5, 0.6) is 0 Å². The van der Waals surface area contributed by atoms with Gasteiger partial charge >= 0.3 is 0 Å². The van der Waals surface area contributed by atoms with Crippen molar-refractivity contribution in [3.05, 3.63) is 58.1 Å². The van der Waals surface area contributed by atoms with Crippen LogP contribution in [0.1, 0.15) is 16.7 Å². The first-order chi connectivity index (χ1) is 13.2. The first kappa shape index (κ1) is 21.0. The number of halogens is 1. The summed E-state index contributed by atoms with van der Waals surface area (Å²) in [5, 5.41) is 4.45. The second-order valence-corrected chi connectivity index (χ2v) is 9.79. The van der Waals surface area contributed by atoms with Gasteiger partial charge in [0, 0.05) is 36.9 Å². The molecule has 1 heterocycles. The number of piperazine rings is 1. The molecule has 0 aliphatic carbocycles. The van der Waals surface area contributed by atoms with Gasteiger partial charge in [-0.25, -0.2) is 8.42 Å². The molecule has 0 unspecified atom stereocenters. The third-order valence-corrected chi connectivity index (χ3v) is 7.58. The molecule has 3 rings (SSSR count). The predicted octanol–water partition coefficient (Wildman–Crippen LogP) is 3.97. The third-order valence-electron chi connectivity index (χ3n) is 5.06. The summed E-state index contributed by atoms with van der Waals surface area (Å²) in [7, 11) is -3.52. The second kappa shape index (κ2) is 8.37. The minimum absolute atomic E-state index is 0.261. The Morgan fingerprint density at radius 3 is 2.14 bits per heavy atom. The molecular weight excluding hydrogens is 414 g/mol. The Balaban J connectivity index is 1.64. The number of benzene rings is 2. The number of thiocarbonyl (C=S) groups is 1. The molecule has 1 N–H and O–H groups in total. The van der Waals surface area contributed by atoms with Crippen molar-refractivity contribution in [1.82, 2.24) is 9.21 Å². The molecule has 1 saturated heterocycles. The fourth-order valence-electron chi connectivity index (χ4n) is 3.18. The zero-order chi connectivity index (χ0) is 20.5. The molecule has 0 saturated carbocycles. The molecule has 5 nitrogen and oxygen atoms in total. The fourth-order valence-corrected chi connectivity index (χ4v) is 5.02. The number of nitrogens with one attached hydrogen (secondary N) is 1. The standard InChI is InChI=1S/C20H24ClN3O2S2/c1-14-12-16(3)19(13-15(14)2)22-20(27)23-8-10-24(11-9-23)28(25,26)18-6-4-17(21)5-7-18/h4-7,12-13H,8-11H2,1-3H3,(H,22,27). The minimum Gasteiger partial charge on any atom is -0.346 e. The summed E-state index contributed by atoms with van der Waals surface area (Å²) < 4.78 is 27.1. The Hall–Kier alpha value is -1.67. The van der Waals surface area contributed by atoms with Gasteiger partial charge in [-0.2, -0.15) is 4.31 Å². The second-order valence-electron chi connectivity index (χ2n) is 7.03. The maximum absolute atomic E-state index is 12.8. The average molecular weight is 438 g/mol. The van der Waals surface area contributed by atoms with Crippen LogP contribution in [0, 0.1) is 20.8 Å². The van der Waals surface area contributed by atoms with Crippen molar-refractivity contribution < 1.29 is 8.42 Å². The van der Waals surface area contributed by atoms with Crippen LogP contribution in [0.3, 0.4) is 0 Å². The lowest BCUT2D eigenvalue weighted by molar-refractivity contribution is 0.268. The summed E-state index contributed by atoms with van der Waals surface area (Å²) in [5.41, 5.74) is 4.57. The van der Waals surface area contributed by atoms with Crippen LogP contribution in [-0.4, -0.2) is 48.9 Å². The molecule has 0 bridgehead atoms. The Bertz CT molecular complexity index is 983. The van der Waals surface area contributed by atoms with Crippen LogP contribution in [0.2, 0.25) is 5.02 Å². The summed E-state index contributed by atoms with van der Waals surface area (Å²) in [6.07, 6.45) is 0. The normalized spacial score (nSPS) is 15.5. The fraction of sp³-hybridized carbons (Fsp3) is 0.350. The van der Waals surface area contributed by atoms with Crippen LogP contribution >= 0.6 is 23.8 Å². The summed E-state index contributed by atoms with van der Waals surface area (Å²) in [4.78, 5) is 2.27. The van der Waals surface area contributed by atoms with E-state index in [-0.39, 0.29) is 4.90 Å². The number of hydrogen-bond acceptors (Lipinski definition) is 3. The van der Waals surface area contributed by atoms with Crippen molar-refractivity contribution in [3.8, 4) is 0 Å². The molecule has 2 aromatic rings. The van der Waals surface area contributed by atoms with Crippen LogP contribution in [0.4, 0.5) is 5.69 Å². The Morgan fingerprint density at radius 1 is 0.964 bits per heavy atom. The maximum atomic E-state index is 12.8. The lowest BCUT2D eigenvalue weighted by Crippen LogP contribution is -2.51. The SMILES string of the molecule is Cc1cc(C)c(NC(=S)N2CCN(S(=O)(=O)c3ccc(Cl)cc3)CC2)cc1C. The highest BCUT2D eigenvalue weighted by Crippen LogP contribution is 2.22. The molecule has 1 fully saturated rings. The zero-order valence-corrected chi connectivity index (χ0v) is 18.6. The number of rotatable bonds is 3. The van der Waals surface area contributed by atoms with E-state index in [4.69, 9.17) is 23.8 Å². The van der Waals surface area contributed by atoms with Gasteiger partial charge in [0.1, 0.15) is 0 Å². The number of hydrogen-bond donors (Lipinski definition) is 1. The van der Waals surface area contributed by atoms with Crippen molar-refractivity contribution in [3.63, 3.8) is 0 Å².